The Balaban J connectivity index is 2.10. The minimum absolute atomic E-state index is 0.0393. The first-order valence-electron chi connectivity index (χ1n) is 6.25. The van der Waals surface area contributed by atoms with Gasteiger partial charge >= 0.3 is 0 Å². The van der Waals surface area contributed by atoms with Gasteiger partial charge in [-0.3, -0.25) is 0 Å². The van der Waals surface area contributed by atoms with Gasteiger partial charge in [0.1, 0.15) is 11.9 Å². The van der Waals surface area contributed by atoms with Gasteiger partial charge in [-0.1, -0.05) is 37.3 Å². The summed E-state index contributed by atoms with van der Waals surface area (Å²) >= 11 is 5.30. The molecule has 0 aromatic heterocycles. The zero-order valence-electron chi connectivity index (χ0n) is 10.7. The van der Waals surface area contributed by atoms with Crippen molar-refractivity contribution in [3.63, 3.8) is 0 Å². The Morgan fingerprint density at radius 1 is 1.11 bits per heavy atom. The van der Waals surface area contributed by atoms with Crippen LogP contribution in [0.2, 0.25) is 0 Å². The summed E-state index contributed by atoms with van der Waals surface area (Å²) in [5.41, 5.74) is 1.92. The molecule has 2 aromatic rings. The van der Waals surface area contributed by atoms with E-state index >= 15 is 0 Å². The van der Waals surface area contributed by atoms with Gasteiger partial charge in [0.05, 0.1) is 0 Å². The third-order valence-corrected chi connectivity index (χ3v) is 3.23. The van der Waals surface area contributed by atoms with E-state index < -0.39 is 0 Å². The lowest BCUT2D eigenvalue weighted by molar-refractivity contribution is 0.194. The maximum Gasteiger partial charge on any atom is 0.191 e. The fourth-order valence-electron chi connectivity index (χ4n) is 1.85. The standard InChI is InChI=1S/C16H16O2S/c1-2-15(12-6-4-3-5-7-12)18-16(19)13-8-10-14(17)11-9-13/h3-11,15,17H,2H2,1H3. The highest BCUT2D eigenvalue weighted by Gasteiger charge is 2.13. The molecule has 1 atom stereocenters. The molecule has 0 aliphatic carbocycles. The van der Waals surface area contributed by atoms with Gasteiger partial charge in [0.2, 0.25) is 0 Å². The van der Waals surface area contributed by atoms with Crippen LogP contribution < -0.4 is 0 Å². The fraction of sp³-hybridized carbons (Fsp3) is 0.188. The Hall–Kier alpha value is -1.87. The van der Waals surface area contributed by atoms with Gasteiger partial charge in [-0.15, -0.1) is 0 Å². The average Bonchev–Trinajstić information content (AvgIpc) is 2.46. The van der Waals surface area contributed by atoms with Gasteiger partial charge < -0.3 is 9.84 Å². The summed E-state index contributed by atoms with van der Waals surface area (Å²) in [6.07, 6.45) is 0.810. The van der Waals surface area contributed by atoms with Gasteiger partial charge in [-0.05, 0) is 48.5 Å². The Morgan fingerprint density at radius 2 is 1.74 bits per heavy atom. The molecule has 19 heavy (non-hydrogen) atoms. The lowest BCUT2D eigenvalue weighted by Gasteiger charge is -2.18. The maximum atomic E-state index is 9.26. The molecule has 0 saturated carbocycles. The van der Waals surface area contributed by atoms with E-state index in [1.54, 1.807) is 24.3 Å². The number of phenols is 1. The monoisotopic (exact) mass is 272 g/mol. The van der Waals surface area contributed by atoms with Gasteiger partial charge in [0.25, 0.3) is 0 Å². The summed E-state index contributed by atoms with van der Waals surface area (Å²) in [5, 5.41) is 9.71. The average molecular weight is 272 g/mol. The summed E-state index contributed by atoms with van der Waals surface area (Å²) in [4.78, 5) is 0. The molecule has 0 bridgehead atoms. The summed E-state index contributed by atoms with van der Waals surface area (Å²) < 4.78 is 5.86. The Bertz CT molecular complexity index is 534. The normalized spacial score (nSPS) is 11.8. The van der Waals surface area contributed by atoms with Crippen LogP contribution in [0.4, 0.5) is 0 Å². The Kier molecular flexibility index (Phi) is 4.53. The number of ether oxygens (including phenoxy) is 1. The van der Waals surface area contributed by atoms with Crippen LogP contribution >= 0.6 is 12.2 Å². The lowest BCUT2D eigenvalue weighted by Crippen LogP contribution is -2.10. The predicted octanol–water partition coefficient (Wildman–Crippen LogP) is 4.24. The SMILES string of the molecule is CCC(OC(=S)c1ccc(O)cc1)c1ccccc1. The molecular weight excluding hydrogens is 256 g/mol. The molecule has 0 saturated heterocycles. The molecule has 0 fully saturated rings. The van der Waals surface area contributed by atoms with Crippen molar-refractivity contribution in [2.45, 2.75) is 19.4 Å². The van der Waals surface area contributed by atoms with Gasteiger partial charge in [-0.2, -0.15) is 0 Å². The van der Waals surface area contributed by atoms with Crippen LogP contribution in [0.15, 0.2) is 54.6 Å². The quantitative estimate of drug-likeness (QED) is 0.844. The van der Waals surface area contributed by atoms with Gasteiger partial charge in [-0.25, -0.2) is 0 Å². The summed E-state index contributed by atoms with van der Waals surface area (Å²) in [6, 6.07) is 16.8. The van der Waals surface area contributed by atoms with E-state index in [-0.39, 0.29) is 11.9 Å². The molecule has 98 valence electrons. The van der Waals surface area contributed by atoms with E-state index in [0.29, 0.717) is 5.05 Å². The summed E-state index contributed by atoms with van der Waals surface area (Å²) in [5.74, 6) is 0.224. The maximum absolute atomic E-state index is 9.26. The fourth-order valence-corrected chi connectivity index (χ4v) is 2.10. The molecule has 1 N–H and O–H groups in total. The van der Waals surface area contributed by atoms with Crippen molar-refractivity contribution in [2.24, 2.45) is 0 Å². The number of hydrogen-bond donors (Lipinski definition) is 1. The number of thiocarbonyl (C=S) groups is 1. The number of benzene rings is 2. The molecule has 1 unspecified atom stereocenters. The molecule has 2 aromatic carbocycles. The molecule has 0 aliphatic heterocycles. The van der Waals surface area contributed by atoms with Crippen molar-refractivity contribution in [3.05, 3.63) is 65.7 Å². The Labute approximate surface area is 118 Å². The highest BCUT2D eigenvalue weighted by molar-refractivity contribution is 7.80. The first-order valence-corrected chi connectivity index (χ1v) is 6.66. The number of phenolic OH excluding ortho intramolecular Hbond substituents is 1. The second-order valence-corrected chi connectivity index (χ2v) is 4.63. The van der Waals surface area contributed by atoms with E-state index in [1.807, 2.05) is 30.3 Å². The molecule has 2 rings (SSSR count). The van der Waals surface area contributed by atoms with Crippen LogP contribution in [0.3, 0.4) is 0 Å². The molecule has 3 heteroatoms. The minimum Gasteiger partial charge on any atom is -0.508 e. The summed E-state index contributed by atoms with van der Waals surface area (Å²) in [7, 11) is 0. The van der Waals surface area contributed by atoms with E-state index in [2.05, 4.69) is 6.92 Å². The van der Waals surface area contributed by atoms with Crippen molar-refractivity contribution < 1.29 is 9.84 Å². The van der Waals surface area contributed by atoms with Crippen LogP contribution in [0, 0.1) is 0 Å². The van der Waals surface area contributed by atoms with Gasteiger partial charge in [0.15, 0.2) is 5.05 Å². The highest BCUT2D eigenvalue weighted by Crippen LogP contribution is 2.23. The van der Waals surface area contributed by atoms with Gasteiger partial charge in [0, 0.05) is 5.56 Å². The van der Waals surface area contributed by atoms with Crippen LogP contribution in [0.25, 0.3) is 0 Å². The van der Waals surface area contributed by atoms with Crippen molar-refractivity contribution >= 4 is 17.3 Å². The summed E-state index contributed by atoms with van der Waals surface area (Å²) in [6.45, 7) is 2.07. The molecule has 0 amide bonds. The van der Waals surface area contributed by atoms with E-state index in [0.717, 1.165) is 17.5 Å². The van der Waals surface area contributed by atoms with Crippen LogP contribution in [0.1, 0.15) is 30.6 Å². The van der Waals surface area contributed by atoms with E-state index in [4.69, 9.17) is 17.0 Å². The number of hydrogen-bond acceptors (Lipinski definition) is 3. The first-order chi connectivity index (χ1) is 9.20. The largest absolute Gasteiger partial charge is 0.508 e. The first kappa shape index (κ1) is 13.6. The zero-order chi connectivity index (χ0) is 13.7. The van der Waals surface area contributed by atoms with Crippen molar-refractivity contribution in [2.75, 3.05) is 0 Å². The second kappa shape index (κ2) is 6.34. The second-order valence-electron chi connectivity index (χ2n) is 4.26. The third-order valence-electron chi connectivity index (χ3n) is 2.89. The zero-order valence-corrected chi connectivity index (χ0v) is 11.6. The smallest absolute Gasteiger partial charge is 0.191 e. The van der Waals surface area contributed by atoms with Crippen molar-refractivity contribution in [1.29, 1.82) is 0 Å². The third kappa shape index (κ3) is 3.55. The predicted molar refractivity (Wildman–Crippen MR) is 80.4 cm³/mol. The molecule has 2 nitrogen and oxygen atoms in total. The Morgan fingerprint density at radius 3 is 2.32 bits per heavy atom. The highest BCUT2D eigenvalue weighted by atomic mass is 32.1. The number of rotatable bonds is 4. The molecular formula is C16H16O2S. The van der Waals surface area contributed by atoms with E-state index in [1.165, 1.54) is 0 Å². The van der Waals surface area contributed by atoms with Crippen molar-refractivity contribution in [1.82, 2.24) is 0 Å². The topological polar surface area (TPSA) is 29.5 Å². The van der Waals surface area contributed by atoms with Crippen molar-refractivity contribution in [3.8, 4) is 5.75 Å². The van der Waals surface area contributed by atoms with Crippen LogP contribution in [-0.4, -0.2) is 10.2 Å². The van der Waals surface area contributed by atoms with Crippen LogP contribution in [-0.2, 0) is 4.74 Å². The molecule has 0 spiro atoms. The van der Waals surface area contributed by atoms with E-state index in [9.17, 15) is 5.11 Å². The van der Waals surface area contributed by atoms with Crippen LogP contribution in [0.5, 0.6) is 5.75 Å². The molecule has 0 aliphatic rings. The lowest BCUT2D eigenvalue weighted by atomic mass is 10.1. The molecule has 0 radical (unpaired) electrons. The minimum atomic E-state index is -0.0393. The molecule has 0 heterocycles. The number of aromatic hydroxyl groups is 1.